The van der Waals surface area contributed by atoms with E-state index in [4.69, 9.17) is 14.2 Å². The largest absolute Gasteiger partial charge is 0.497 e. The van der Waals surface area contributed by atoms with E-state index < -0.39 is 0 Å². The number of methoxy groups -OCH3 is 3. The summed E-state index contributed by atoms with van der Waals surface area (Å²) in [5, 5.41) is 5.95. The fraction of sp³-hybridized carbons (Fsp3) is 0.458. The minimum Gasteiger partial charge on any atom is -0.497 e. The Labute approximate surface area is 185 Å². The summed E-state index contributed by atoms with van der Waals surface area (Å²) in [5.41, 5.74) is 2.18. The van der Waals surface area contributed by atoms with Crippen LogP contribution in [0.2, 0.25) is 0 Å². The molecule has 0 unspecified atom stereocenters. The Balaban J connectivity index is 1.92. The molecule has 7 nitrogen and oxygen atoms in total. The van der Waals surface area contributed by atoms with Crippen molar-refractivity contribution in [3.8, 4) is 17.2 Å². The van der Waals surface area contributed by atoms with Crippen LogP contribution in [0, 0.1) is 0 Å². The summed E-state index contributed by atoms with van der Waals surface area (Å²) in [4.78, 5) is 14.7. The number of nitrogens with one attached hydrogen (secondary N) is 2. The first-order valence-electron chi connectivity index (χ1n) is 10.7. The smallest absolute Gasteiger partial charge is 0.314 e. The number of benzene rings is 2. The summed E-state index contributed by atoms with van der Waals surface area (Å²) in [7, 11) is 4.89. The lowest BCUT2D eigenvalue weighted by molar-refractivity contribution is 0.206. The number of hydrogen-bond acceptors (Lipinski definition) is 5. The van der Waals surface area contributed by atoms with Crippen molar-refractivity contribution < 1.29 is 19.0 Å². The van der Waals surface area contributed by atoms with E-state index in [1.54, 1.807) is 21.3 Å². The average molecular weight is 430 g/mol. The molecule has 2 aromatic rings. The molecule has 7 heteroatoms. The molecule has 2 amide bonds. The first-order valence-corrected chi connectivity index (χ1v) is 10.7. The molecule has 170 valence electrons. The number of carbonyl (C=O) groups excluding carboxylic acids is 1. The van der Waals surface area contributed by atoms with Gasteiger partial charge in [0.15, 0.2) is 11.5 Å². The molecule has 0 saturated heterocycles. The van der Waals surface area contributed by atoms with Crippen LogP contribution in [-0.4, -0.2) is 58.4 Å². The van der Waals surface area contributed by atoms with Crippen molar-refractivity contribution in [1.29, 1.82) is 0 Å². The predicted molar refractivity (Wildman–Crippen MR) is 123 cm³/mol. The van der Waals surface area contributed by atoms with Crippen molar-refractivity contribution in [2.45, 2.75) is 26.3 Å². The third-order valence-electron chi connectivity index (χ3n) is 5.33. The van der Waals surface area contributed by atoms with Gasteiger partial charge in [-0.1, -0.05) is 32.0 Å². The number of rotatable bonds is 12. The van der Waals surface area contributed by atoms with E-state index in [0.717, 1.165) is 30.0 Å². The Hall–Kier alpha value is -2.93. The third kappa shape index (κ3) is 7.07. The van der Waals surface area contributed by atoms with E-state index in [2.05, 4.69) is 35.4 Å². The lowest BCUT2D eigenvalue weighted by Crippen LogP contribution is -2.42. The van der Waals surface area contributed by atoms with Gasteiger partial charge >= 0.3 is 6.03 Å². The van der Waals surface area contributed by atoms with Crippen LogP contribution in [0.25, 0.3) is 0 Å². The fourth-order valence-corrected chi connectivity index (χ4v) is 3.58. The van der Waals surface area contributed by atoms with Gasteiger partial charge in [-0.15, -0.1) is 0 Å². The van der Waals surface area contributed by atoms with Crippen molar-refractivity contribution in [1.82, 2.24) is 15.5 Å². The maximum Gasteiger partial charge on any atom is 0.314 e. The molecule has 0 fully saturated rings. The second-order valence-corrected chi connectivity index (χ2v) is 7.09. The van der Waals surface area contributed by atoms with Gasteiger partial charge in [0.1, 0.15) is 5.75 Å². The number of likely N-dealkylation sites (N-methyl/N-ethyl adjacent to an activating group) is 1. The molecule has 2 rings (SSSR count). The zero-order valence-corrected chi connectivity index (χ0v) is 19.2. The number of ether oxygens (including phenoxy) is 3. The van der Waals surface area contributed by atoms with Gasteiger partial charge in [0.25, 0.3) is 0 Å². The molecule has 1 atom stereocenters. The Morgan fingerprint density at radius 3 is 2.32 bits per heavy atom. The number of amides is 2. The summed E-state index contributed by atoms with van der Waals surface area (Å²) in [6.07, 6.45) is 0.698. The Bertz CT molecular complexity index is 824. The molecule has 2 aromatic carbocycles. The van der Waals surface area contributed by atoms with Crippen molar-refractivity contribution in [3.05, 3.63) is 53.6 Å². The highest BCUT2D eigenvalue weighted by molar-refractivity contribution is 5.73. The molecule has 0 saturated carbocycles. The summed E-state index contributed by atoms with van der Waals surface area (Å²) < 4.78 is 16.0. The lowest BCUT2D eigenvalue weighted by atomic mass is 10.0. The van der Waals surface area contributed by atoms with Gasteiger partial charge in [-0.3, -0.25) is 4.90 Å². The van der Waals surface area contributed by atoms with Crippen molar-refractivity contribution in [2.75, 3.05) is 47.5 Å². The SMILES string of the molecule is CCN(CC)[C@H](CNC(=O)NCCc1ccc(OC)c(OC)c1)c1cccc(OC)c1. The first-order chi connectivity index (χ1) is 15.1. The zero-order valence-electron chi connectivity index (χ0n) is 19.2. The van der Waals surface area contributed by atoms with Gasteiger partial charge in [-0.05, 0) is 54.9 Å². The van der Waals surface area contributed by atoms with Crippen LogP contribution in [0.1, 0.15) is 31.0 Å². The molecule has 2 N–H and O–H groups in total. The quantitative estimate of drug-likeness (QED) is 0.539. The highest BCUT2D eigenvalue weighted by Crippen LogP contribution is 2.27. The maximum atomic E-state index is 12.4. The second-order valence-electron chi connectivity index (χ2n) is 7.09. The minimum atomic E-state index is -0.180. The van der Waals surface area contributed by atoms with E-state index in [-0.39, 0.29) is 12.1 Å². The van der Waals surface area contributed by atoms with Crippen LogP contribution in [0.5, 0.6) is 17.2 Å². The molecule has 0 spiro atoms. The molecule has 0 aromatic heterocycles. The topological polar surface area (TPSA) is 72.1 Å². The van der Waals surface area contributed by atoms with Crippen LogP contribution in [0.4, 0.5) is 4.79 Å². The molecule has 0 heterocycles. The standard InChI is InChI=1S/C24H35N3O4/c1-6-27(7-2)21(19-9-8-10-20(16-19)29-3)17-26-24(28)25-14-13-18-11-12-22(30-4)23(15-18)31-5/h8-12,15-16,21H,6-7,13-14,17H2,1-5H3,(H2,25,26,28)/t21-/m1/s1. The number of hydrogen-bond donors (Lipinski definition) is 2. The Kier molecular flexibility index (Phi) is 9.97. The van der Waals surface area contributed by atoms with Crippen LogP contribution < -0.4 is 24.8 Å². The highest BCUT2D eigenvalue weighted by Gasteiger charge is 2.19. The Morgan fingerprint density at radius 2 is 1.68 bits per heavy atom. The molecule has 0 bridgehead atoms. The number of nitrogens with zero attached hydrogens (tertiary/aromatic N) is 1. The molecule has 0 aliphatic rings. The summed E-state index contributed by atoms with van der Waals surface area (Å²) in [5.74, 6) is 2.19. The molecule has 0 aliphatic heterocycles. The number of carbonyl (C=O) groups is 1. The van der Waals surface area contributed by atoms with E-state index in [1.165, 1.54) is 0 Å². The normalized spacial score (nSPS) is 11.7. The van der Waals surface area contributed by atoms with E-state index in [0.29, 0.717) is 31.0 Å². The Morgan fingerprint density at radius 1 is 0.935 bits per heavy atom. The van der Waals surface area contributed by atoms with Gasteiger partial charge in [-0.2, -0.15) is 0 Å². The predicted octanol–water partition coefficient (Wildman–Crippen LogP) is 3.64. The second kappa shape index (κ2) is 12.7. The van der Waals surface area contributed by atoms with Crippen molar-refractivity contribution in [2.24, 2.45) is 0 Å². The maximum absolute atomic E-state index is 12.4. The van der Waals surface area contributed by atoms with E-state index in [9.17, 15) is 4.79 Å². The lowest BCUT2D eigenvalue weighted by Gasteiger charge is -2.30. The van der Waals surface area contributed by atoms with Gasteiger partial charge < -0.3 is 24.8 Å². The van der Waals surface area contributed by atoms with Crippen LogP contribution >= 0.6 is 0 Å². The summed E-state index contributed by atoms with van der Waals surface area (Å²) in [6, 6.07) is 13.7. The zero-order chi connectivity index (χ0) is 22.6. The molecule has 0 radical (unpaired) electrons. The van der Waals surface area contributed by atoms with Crippen LogP contribution in [0.15, 0.2) is 42.5 Å². The fourth-order valence-electron chi connectivity index (χ4n) is 3.58. The van der Waals surface area contributed by atoms with Crippen LogP contribution in [-0.2, 0) is 6.42 Å². The molecular formula is C24H35N3O4. The van der Waals surface area contributed by atoms with E-state index >= 15 is 0 Å². The van der Waals surface area contributed by atoms with Crippen molar-refractivity contribution >= 4 is 6.03 Å². The van der Waals surface area contributed by atoms with Gasteiger partial charge in [0.05, 0.1) is 27.4 Å². The monoisotopic (exact) mass is 429 g/mol. The van der Waals surface area contributed by atoms with Crippen molar-refractivity contribution in [3.63, 3.8) is 0 Å². The minimum absolute atomic E-state index is 0.0710. The third-order valence-corrected chi connectivity index (χ3v) is 5.33. The molecule has 0 aliphatic carbocycles. The van der Waals surface area contributed by atoms with Gasteiger partial charge in [-0.25, -0.2) is 4.79 Å². The number of urea groups is 1. The van der Waals surface area contributed by atoms with Crippen LogP contribution in [0.3, 0.4) is 0 Å². The summed E-state index contributed by atoms with van der Waals surface area (Å²) >= 11 is 0. The summed E-state index contributed by atoms with van der Waals surface area (Å²) in [6.45, 7) is 7.06. The first kappa shape index (κ1) is 24.3. The molecule has 31 heavy (non-hydrogen) atoms. The molecular weight excluding hydrogens is 394 g/mol. The van der Waals surface area contributed by atoms with Gasteiger partial charge in [0, 0.05) is 13.1 Å². The average Bonchev–Trinajstić information content (AvgIpc) is 2.81. The van der Waals surface area contributed by atoms with Gasteiger partial charge in [0.2, 0.25) is 0 Å². The van der Waals surface area contributed by atoms with E-state index in [1.807, 2.05) is 36.4 Å². The highest BCUT2D eigenvalue weighted by atomic mass is 16.5.